The molecule has 0 radical (unpaired) electrons. The van der Waals surface area contributed by atoms with Gasteiger partial charge in [0.2, 0.25) is 5.95 Å². The molecule has 15 heavy (non-hydrogen) atoms. The van der Waals surface area contributed by atoms with Gasteiger partial charge in [-0.15, -0.1) is 11.3 Å². The van der Waals surface area contributed by atoms with Crippen LogP contribution < -0.4 is 5.32 Å². The molecule has 0 aliphatic carbocycles. The molecule has 3 rings (SSSR count). The molecule has 0 aromatic carbocycles. The monoisotopic (exact) mass is 283 g/mol. The Hall–Kier alpha value is -0.810. The molecule has 3 nitrogen and oxygen atoms in total. The number of rotatable bonds is 1. The Balaban J connectivity index is 2.13. The quantitative estimate of drug-likeness (QED) is 0.871. The zero-order chi connectivity index (χ0) is 10.3. The van der Waals surface area contributed by atoms with E-state index in [1.165, 1.54) is 4.88 Å². The summed E-state index contributed by atoms with van der Waals surface area (Å²) in [5.41, 5.74) is 1.05. The molecule has 1 aliphatic heterocycles. The molecule has 3 heterocycles. The second-order valence-corrected chi connectivity index (χ2v) is 5.18. The van der Waals surface area contributed by atoms with E-state index in [4.69, 9.17) is 0 Å². The van der Waals surface area contributed by atoms with Crippen molar-refractivity contribution in [3.63, 3.8) is 0 Å². The molecule has 0 fully saturated rings. The molecule has 1 aliphatic rings. The molecular formula is C10H10BrN3S. The number of nitrogens with one attached hydrogen (secondary N) is 1. The minimum Gasteiger partial charge on any atom is -0.356 e. The molecule has 78 valence electrons. The molecule has 0 bridgehead atoms. The Morgan fingerprint density at radius 3 is 3.20 bits per heavy atom. The maximum absolute atomic E-state index is 4.61. The lowest BCUT2D eigenvalue weighted by Crippen LogP contribution is -2.17. The van der Waals surface area contributed by atoms with Gasteiger partial charge in [0.25, 0.3) is 0 Å². The number of halogens is 1. The maximum atomic E-state index is 4.61. The van der Waals surface area contributed by atoms with E-state index in [1.54, 1.807) is 11.3 Å². The summed E-state index contributed by atoms with van der Waals surface area (Å²) in [4.78, 5) is 5.82. The average molecular weight is 284 g/mol. The Morgan fingerprint density at radius 1 is 1.53 bits per heavy atom. The highest BCUT2D eigenvalue weighted by molar-refractivity contribution is 9.10. The van der Waals surface area contributed by atoms with Crippen LogP contribution in [0.1, 0.15) is 6.42 Å². The fraction of sp³-hybridized carbons (Fsp3) is 0.300. The van der Waals surface area contributed by atoms with Crippen molar-refractivity contribution in [1.29, 1.82) is 0 Å². The third-order valence-electron chi connectivity index (χ3n) is 2.50. The Bertz CT molecular complexity index is 475. The minimum absolute atomic E-state index is 0.983. The number of hydrogen-bond acceptors (Lipinski definition) is 3. The van der Waals surface area contributed by atoms with Gasteiger partial charge in [0.15, 0.2) is 0 Å². The number of fused-ring (bicyclic) bond motifs is 1. The first-order valence-electron chi connectivity index (χ1n) is 4.90. The van der Waals surface area contributed by atoms with E-state index in [9.17, 15) is 0 Å². The summed E-state index contributed by atoms with van der Waals surface area (Å²) in [5.74, 6) is 0.983. The van der Waals surface area contributed by atoms with Crippen LogP contribution in [-0.2, 0) is 6.54 Å². The molecule has 0 atom stereocenters. The van der Waals surface area contributed by atoms with E-state index in [0.717, 1.165) is 35.8 Å². The van der Waals surface area contributed by atoms with Gasteiger partial charge in [0, 0.05) is 13.1 Å². The highest BCUT2D eigenvalue weighted by atomic mass is 79.9. The number of hydrogen-bond donors (Lipinski definition) is 1. The summed E-state index contributed by atoms with van der Waals surface area (Å²) in [6.45, 7) is 2.06. The smallest absolute Gasteiger partial charge is 0.204 e. The Kier molecular flexibility index (Phi) is 2.29. The van der Waals surface area contributed by atoms with Crippen molar-refractivity contribution in [2.45, 2.75) is 13.0 Å². The molecule has 2 aromatic rings. The summed E-state index contributed by atoms with van der Waals surface area (Å²) in [6, 6.07) is 4.15. The minimum atomic E-state index is 0.983. The van der Waals surface area contributed by atoms with Crippen molar-refractivity contribution >= 4 is 33.2 Å². The van der Waals surface area contributed by atoms with E-state index in [1.807, 2.05) is 0 Å². The van der Waals surface area contributed by atoms with E-state index < -0.39 is 0 Å². The van der Waals surface area contributed by atoms with Gasteiger partial charge in [-0.2, -0.15) is 0 Å². The van der Waals surface area contributed by atoms with Crippen molar-refractivity contribution < 1.29 is 0 Å². The normalized spacial score (nSPS) is 14.7. The molecule has 1 N–H and O–H groups in total. The van der Waals surface area contributed by atoms with Crippen LogP contribution in [0.25, 0.3) is 10.6 Å². The van der Waals surface area contributed by atoms with E-state index in [0.29, 0.717) is 0 Å². The van der Waals surface area contributed by atoms with Gasteiger partial charge in [-0.3, -0.25) is 0 Å². The maximum Gasteiger partial charge on any atom is 0.204 e. The number of nitrogens with zero attached hydrogens (tertiary/aromatic N) is 2. The highest BCUT2D eigenvalue weighted by Gasteiger charge is 2.18. The van der Waals surface area contributed by atoms with Gasteiger partial charge in [0.05, 0.1) is 4.88 Å². The molecule has 0 spiro atoms. The van der Waals surface area contributed by atoms with Gasteiger partial charge in [-0.1, -0.05) is 6.07 Å². The zero-order valence-corrected chi connectivity index (χ0v) is 10.4. The lowest BCUT2D eigenvalue weighted by molar-refractivity contribution is 0.618. The molecule has 0 saturated heterocycles. The molecule has 5 heteroatoms. The topological polar surface area (TPSA) is 29.9 Å². The molecule has 0 saturated carbocycles. The SMILES string of the molecule is Brc1c(-c2cccs2)nc2n1CCCN2. The number of anilines is 1. The van der Waals surface area contributed by atoms with Crippen LogP contribution in [0, 0.1) is 0 Å². The summed E-state index contributed by atoms with van der Waals surface area (Å²) in [7, 11) is 0. The van der Waals surface area contributed by atoms with Crippen LogP contribution in [-0.4, -0.2) is 16.1 Å². The largest absolute Gasteiger partial charge is 0.356 e. The van der Waals surface area contributed by atoms with E-state index in [2.05, 4.69) is 48.3 Å². The van der Waals surface area contributed by atoms with Crippen LogP contribution in [0.3, 0.4) is 0 Å². The summed E-state index contributed by atoms with van der Waals surface area (Å²) in [5, 5.41) is 5.39. The van der Waals surface area contributed by atoms with Gasteiger partial charge in [-0.25, -0.2) is 4.98 Å². The van der Waals surface area contributed by atoms with E-state index >= 15 is 0 Å². The van der Waals surface area contributed by atoms with Gasteiger partial charge >= 0.3 is 0 Å². The van der Waals surface area contributed by atoms with Crippen molar-refractivity contribution in [3.05, 3.63) is 22.1 Å². The Labute approximate surface area is 100 Å². The molecule has 0 unspecified atom stereocenters. The predicted molar refractivity (Wildman–Crippen MR) is 66.3 cm³/mol. The van der Waals surface area contributed by atoms with Gasteiger partial charge in [0.1, 0.15) is 10.3 Å². The van der Waals surface area contributed by atoms with Crippen LogP contribution in [0.15, 0.2) is 22.1 Å². The number of aromatic nitrogens is 2. The lowest BCUT2D eigenvalue weighted by Gasteiger charge is -2.15. The first-order valence-corrected chi connectivity index (χ1v) is 6.57. The molecular weight excluding hydrogens is 274 g/mol. The number of imidazole rings is 1. The summed E-state index contributed by atoms with van der Waals surface area (Å²) < 4.78 is 3.28. The summed E-state index contributed by atoms with van der Waals surface area (Å²) >= 11 is 5.35. The van der Waals surface area contributed by atoms with Crippen molar-refractivity contribution in [2.75, 3.05) is 11.9 Å². The molecule has 2 aromatic heterocycles. The van der Waals surface area contributed by atoms with Gasteiger partial charge < -0.3 is 9.88 Å². The summed E-state index contributed by atoms with van der Waals surface area (Å²) in [6.07, 6.45) is 1.16. The van der Waals surface area contributed by atoms with Crippen molar-refractivity contribution in [1.82, 2.24) is 9.55 Å². The Morgan fingerprint density at radius 2 is 2.47 bits per heavy atom. The lowest BCUT2D eigenvalue weighted by atomic mass is 10.3. The fourth-order valence-corrected chi connectivity index (χ4v) is 3.27. The van der Waals surface area contributed by atoms with Crippen LogP contribution in [0.2, 0.25) is 0 Å². The van der Waals surface area contributed by atoms with E-state index in [-0.39, 0.29) is 0 Å². The first kappa shape index (κ1) is 9.42. The first-order chi connectivity index (χ1) is 7.36. The predicted octanol–water partition coefficient (Wildman–Crippen LogP) is 3.19. The molecule has 0 amide bonds. The number of thiophene rings is 1. The van der Waals surface area contributed by atoms with Crippen LogP contribution >= 0.6 is 27.3 Å². The second-order valence-electron chi connectivity index (χ2n) is 3.48. The average Bonchev–Trinajstić information content (AvgIpc) is 2.87. The van der Waals surface area contributed by atoms with Crippen molar-refractivity contribution in [3.8, 4) is 10.6 Å². The van der Waals surface area contributed by atoms with Crippen molar-refractivity contribution in [2.24, 2.45) is 0 Å². The van der Waals surface area contributed by atoms with Crippen LogP contribution in [0.4, 0.5) is 5.95 Å². The standard InChI is InChI=1S/C10H10BrN3S/c11-9-8(7-3-1-6-15-7)13-10-12-4-2-5-14(9)10/h1,3,6H,2,4-5H2,(H,12,13). The van der Waals surface area contributed by atoms with Gasteiger partial charge in [-0.05, 0) is 33.8 Å². The van der Waals surface area contributed by atoms with Crippen LogP contribution in [0.5, 0.6) is 0 Å². The third kappa shape index (κ3) is 1.50. The fourth-order valence-electron chi connectivity index (χ4n) is 1.78. The highest BCUT2D eigenvalue weighted by Crippen LogP contribution is 2.34. The zero-order valence-electron chi connectivity index (χ0n) is 8.03. The second kappa shape index (κ2) is 3.64. The third-order valence-corrected chi connectivity index (χ3v) is 4.18.